The molecule has 0 amide bonds. The van der Waals surface area contributed by atoms with Crippen molar-refractivity contribution in [3.63, 3.8) is 0 Å². The fraction of sp³-hybridized carbons (Fsp3) is 0. The molecule has 6 nitrogen and oxygen atoms in total. The molecule has 0 fully saturated rings. The first-order chi connectivity index (χ1) is 36.6. The highest BCUT2D eigenvalue weighted by atomic mass is 16.3. The van der Waals surface area contributed by atoms with Crippen LogP contribution in [0.1, 0.15) is 5.56 Å². The highest BCUT2D eigenvalue weighted by Gasteiger charge is 2.29. The van der Waals surface area contributed by atoms with Gasteiger partial charge in [0.2, 0.25) is 5.69 Å². The van der Waals surface area contributed by atoms with Crippen LogP contribution in [0, 0.1) is 17.9 Å². The van der Waals surface area contributed by atoms with Gasteiger partial charge < -0.3 is 18.0 Å². The first kappa shape index (κ1) is 41.4. The van der Waals surface area contributed by atoms with Gasteiger partial charge in [-0.1, -0.05) is 146 Å². The van der Waals surface area contributed by atoms with E-state index >= 15 is 0 Å². The first-order valence-electron chi connectivity index (χ1n) is 24.7. The van der Waals surface area contributed by atoms with Gasteiger partial charge in [0.15, 0.2) is 0 Å². The highest BCUT2D eigenvalue weighted by Crippen LogP contribution is 2.54. The average molecular weight is 943 g/mol. The van der Waals surface area contributed by atoms with E-state index in [9.17, 15) is 11.8 Å². The third-order valence-electron chi connectivity index (χ3n) is 15.0. The Kier molecular flexibility index (Phi) is 8.99. The maximum absolute atomic E-state index is 11.8. The van der Waals surface area contributed by atoms with E-state index in [2.05, 4.69) is 166 Å². The molecule has 74 heavy (non-hydrogen) atoms. The van der Waals surface area contributed by atoms with Gasteiger partial charge in [0.1, 0.15) is 28.4 Å². The fourth-order valence-electron chi connectivity index (χ4n) is 11.8. The van der Waals surface area contributed by atoms with E-state index < -0.39 is 0 Å². The summed E-state index contributed by atoms with van der Waals surface area (Å²) in [7, 11) is 0. The van der Waals surface area contributed by atoms with E-state index in [0.717, 1.165) is 99.6 Å². The van der Waals surface area contributed by atoms with Crippen molar-refractivity contribution < 1.29 is 8.83 Å². The Bertz CT molecular complexity index is 4500. The minimum atomic E-state index is 0.452. The third kappa shape index (κ3) is 6.04. The second-order valence-corrected chi connectivity index (χ2v) is 18.9. The standard InChI is InChI=1S/C68H38N4O2/c1-70-68-66(42-18-6-3-7-19-42)65(43-28-32-60-51(36-43)53-38-45(30-34-62(53)73-60)71-56-24-12-8-20-47(56)48-21-9-13-25-57(48)71)55(40-69)64(41-16-4-2-5-17-41)67(68)44-29-33-61-52(37-44)54-39-46(31-35-63(54)74-61)72-58-26-14-10-22-49(58)50-23-11-15-27-59(50)72/h2-39H. The molecule has 0 aliphatic carbocycles. The van der Waals surface area contributed by atoms with Crippen molar-refractivity contribution in [1.82, 2.24) is 9.13 Å². The molecule has 0 atom stereocenters. The van der Waals surface area contributed by atoms with Crippen LogP contribution in [-0.2, 0) is 0 Å². The lowest BCUT2D eigenvalue weighted by atomic mass is 9.79. The maximum Gasteiger partial charge on any atom is 0.203 e. The van der Waals surface area contributed by atoms with E-state index in [4.69, 9.17) is 8.83 Å². The number of hydrogen-bond donors (Lipinski definition) is 0. The van der Waals surface area contributed by atoms with Crippen LogP contribution >= 0.6 is 0 Å². The fourth-order valence-corrected chi connectivity index (χ4v) is 11.8. The van der Waals surface area contributed by atoms with Gasteiger partial charge in [-0.3, -0.25) is 0 Å². The summed E-state index contributed by atoms with van der Waals surface area (Å²) in [6.45, 7) is 9.20. The Labute approximate surface area is 423 Å². The van der Waals surface area contributed by atoms with E-state index in [1.807, 2.05) is 84.9 Å². The molecule has 6 heteroatoms. The van der Waals surface area contributed by atoms with E-state index in [1.54, 1.807) is 0 Å². The van der Waals surface area contributed by atoms with Crippen LogP contribution in [-0.4, -0.2) is 9.13 Å². The highest BCUT2D eigenvalue weighted by molar-refractivity contribution is 6.16. The van der Waals surface area contributed by atoms with Crippen molar-refractivity contribution in [2.75, 3.05) is 0 Å². The monoisotopic (exact) mass is 942 g/mol. The second-order valence-electron chi connectivity index (χ2n) is 18.9. The third-order valence-corrected chi connectivity index (χ3v) is 15.0. The molecule has 0 bridgehead atoms. The second kappa shape index (κ2) is 16.1. The summed E-state index contributed by atoms with van der Waals surface area (Å²) in [5.74, 6) is 0. The lowest BCUT2D eigenvalue weighted by Crippen LogP contribution is -1.99. The zero-order valence-electron chi connectivity index (χ0n) is 39.5. The Hall–Kier alpha value is -10.4. The molecule has 0 spiro atoms. The van der Waals surface area contributed by atoms with Crippen LogP contribution in [0.5, 0.6) is 0 Å². The maximum atomic E-state index is 11.8. The van der Waals surface area contributed by atoms with Gasteiger partial charge in [0, 0.05) is 54.5 Å². The van der Waals surface area contributed by atoms with Gasteiger partial charge in [-0.25, -0.2) is 4.85 Å². The van der Waals surface area contributed by atoms with Gasteiger partial charge >= 0.3 is 0 Å². The number of para-hydroxylation sites is 4. The molecule has 15 rings (SSSR count). The van der Waals surface area contributed by atoms with Crippen molar-refractivity contribution in [3.05, 3.63) is 248 Å². The molecule has 0 aliphatic heterocycles. The molecule has 4 aromatic heterocycles. The topological polar surface area (TPSA) is 64.3 Å². The Balaban J connectivity index is 0.980. The normalized spacial score (nSPS) is 11.8. The number of fused-ring (bicyclic) bond motifs is 12. The van der Waals surface area contributed by atoms with E-state index in [0.29, 0.717) is 33.5 Å². The molecule has 0 N–H and O–H groups in total. The summed E-state index contributed by atoms with van der Waals surface area (Å²) in [4.78, 5) is 4.49. The summed E-state index contributed by atoms with van der Waals surface area (Å²) >= 11 is 0. The molecule has 342 valence electrons. The van der Waals surface area contributed by atoms with Crippen LogP contribution in [0.25, 0.3) is 148 Å². The van der Waals surface area contributed by atoms with Crippen LogP contribution in [0.15, 0.2) is 239 Å². The van der Waals surface area contributed by atoms with Crippen LogP contribution < -0.4 is 0 Å². The molecule has 0 aliphatic rings. The average Bonchev–Trinajstić information content (AvgIpc) is 4.24. The van der Waals surface area contributed by atoms with Gasteiger partial charge in [0.05, 0.1) is 34.2 Å². The Morgan fingerprint density at radius 1 is 0.338 bits per heavy atom. The summed E-state index contributed by atoms with van der Waals surface area (Å²) in [6.07, 6.45) is 0. The molecule has 0 unspecified atom stereocenters. The summed E-state index contributed by atoms with van der Waals surface area (Å²) < 4.78 is 17.8. The van der Waals surface area contributed by atoms with Gasteiger partial charge in [0.25, 0.3) is 0 Å². The molecular formula is C68H38N4O2. The van der Waals surface area contributed by atoms with Crippen molar-refractivity contribution in [2.24, 2.45) is 0 Å². The van der Waals surface area contributed by atoms with Crippen molar-refractivity contribution in [3.8, 4) is 62.0 Å². The summed E-state index contributed by atoms with van der Waals surface area (Å²) in [5.41, 5.74) is 16.5. The molecular weight excluding hydrogens is 905 g/mol. The van der Waals surface area contributed by atoms with E-state index in [1.165, 1.54) is 21.5 Å². The summed E-state index contributed by atoms with van der Waals surface area (Å²) in [5, 5.41) is 20.3. The van der Waals surface area contributed by atoms with Crippen molar-refractivity contribution in [1.29, 1.82) is 5.26 Å². The number of benzene rings is 11. The number of nitriles is 1. The number of rotatable bonds is 6. The zero-order chi connectivity index (χ0) is 49.0. The van der Waals surface area contributed by atoms with Gasteiger partial charge in [-0.15, -0.1) is 0 Å². The molecule has 0 radical (unpaired) electrons. The number of aromatic nitrogens is 2. The SMILES string of the molecule is [C-]#[N+]c1c(-c2ccccc2)c(-c2ccc3oc4ccc(-n5c6ccccc6c6ccccc65)cc4c3c2)c(C#N)c(-c2ccccc2)c1-c1ccc2oc3ccc(-n4c5ccccc5c5ccccc54)cc3c2c1. The largest absolute Gasteiger partial charge is 0.456 e. The minimum absolute atomic E-state index is 0.452. The lowest BCUT2D eigenvalue weighted by Gasteiger charge is -2.23. The van der Waals surface area contributed by atoms with E-state index in [-0.39, 0.29) is 0 Å². The Morgan fingerprint density at radius 2 is 0.676 bits per heavy atom. The smallest absolute Gasteiger partial charge is 0.203 e. The predicted octanol–water partition coefficient (Wildman–Crippen LogP) is 18.8. The first-order valence-corrected chi connectivity index (χ1v) is 24.7. The number of nitrogens with zero attached hydrogens (tertiary/aromatic N) is 4. The minimum Gasteiger partial charge on any atom is -0.456 e. The van der Waals surface area contributed by atoms with Crippen molar-refractivity contribution in [2.45, 2.75) is 0 Å². The van der Waals surface area contributed by atoms with Crippen LogP contribution in [0.4, 0.5) is 5.69 Å². The Morgan fingerprint density at radius 3 is 1.09 bits per heavy atom. The van der Waals surface area contributed by atoms with Gasteiger partial charge in [-0.2, -0.15) is 5.26 Å². The van der Waals surface area contributed by atoms with Crippen molar-refractivity contribution >= 4 is 93.2 Å². The summed E-state index contributed by atoms with van der Waals surface area (Å²) in [6, 6.07) is 82.0. The molecule has 0 saturated carbocycles. The quantitative estimate of drug-likeness (QED) is 0.156. The number of furan rings is 2. The molecule has 11 aromatic carbocycles. The molecule has 0 saturated heterocycles. The predicted molar refractivity (Wildman–Crippen MR) is 302 cm³/mol. The van der Waals surface area contributed by atoms with Crippen LogP contribution in [0.2, 0.25) is 0 Å². The number of hydrogen-bond acceptors (Lipinski definition) is 3. The van der Waals surface area contributed by atoms with Crippen LogP contribution in [0.3, 0.4) is 0 Å². The molecule has 4 heterocycles. The lowest BCUT2D eigenvalue weighted by molar-refractivity contribution is 0.668. The zero-order valence-corrected chi connectivity index (χ0v) is 39.5. The molecule has 15 aromatic rings. The van der Waals surface area contributed by atoms with Gasteiger partial charge in [-0.05, 0) is 129 Å².